The van der Waals surface area contributed by atoms with Gasteiger partial charge in [-0.3, -0.25) is 9.79 Å². The summed E-state index contributed by atoms with van der Waals surface area (Å²) < 4.78 is 63.5. The molecule has 0 atom stereocenters. The molecule has 31 heavy (non-hydrogen) atoms. The van der Waals surface area contributed by atoms with E-state index in [-0.39, 0.29) is 12.1 Å². The second-order valence-electron chi connectivity index (χ2n) is 6.28. The van der Waals surface area contributed by atoms with Gasteiger partial charge in [-0.05, 0) is 23.8 Å². The van der Waals surface area contributed by atoms with Crippen molar-refractivity contribution in [3.05, 3.63) is 64.3 Å². The fraction of sp³-hybridized carbons (Fsp3) is 0.158. The van der Waals surface area contributed by atoms with E-state index < -0.39 is 43.8 Å². The van der Waals surface area contributed by atoms with Gasteiger partial charge in [0.15, 0.2) is 0 Å². The average molecular weight is 475 g/mol. The van der Waals surface area contributed by atoms with Crippen LogP contribution in [-0.4, -0.2) is 33.8 Å². The third-order valence-corrected chi connectivity index (χ3v) is 5.34. The molecule has 0 saturated heterocycles. The minimum absolute atomic E-state index is 0.00296. The number of halogens is 4. The molecule has 0 spiro atoms. The third kappa shape index (κ3) is 6.29. The van der Waals surface area contributed by atoms with Crippen LogP contribution in [0.5, 0.6) is 0 Å². The summed E-state index contributed by atoms with van der Waals surface area (Å²) in [5.74, 6) is -0.526. The molecule has 2 aromatic carbocycles. The molecule has 2 aromatic rings. The van der Waals surface area contributed by atoms with Gasteiger partial charge in [0.05, 0.1) is 11.3 Å². The second-order valence-corrected chi connectivity index (χ2v) is 8.22. The van der Waals surface area contributed by atoms with Crippen molar-refractivity contribution in [2.45, 2.75) is 17.5 Å². The molecule has 5 N–H and O–H groups in total. The summed E-state index contributed by atoms with van der Waals surface area (Å²) >= 11 is 6.01. The fourth-order valence-electron chi connectivity index (χ4n) is 2.64. The number of hydrogen-bond donors (Lipinski definition) is 3. The van der Waals surface area contributed by atoms with Crippen LogP contribution < -0.4 is 16.2 Å². The van der Waals surface area contributed by atoms with Gasteiger partial charge in [-0.2, -0.15) is 13.2 Å². The summed E-state index contributed by atoms with van der Waals surface area (Å²) in [7, 11) is -3.29. The van der Waals surface area contributed by atoms with Crippen LogP contribution in [0.4, 0.5) is 18.9 Å². The van der Waals surface area contributed by atoms with Crippen LogP contribution in [0.1, 0.15) is 11.1 Å². The average Bonchev–Trinajstić information content (AvgIpc) is 2.66. The van der Waals surface area contributed by atoms with Crippen LogP contribution in [0.25, 0.3) is 5.57 Å². The largest absolute Gasteiger partial charge is 0.431 e. The van der Waals surface area contributed by atoms with Crippen LogP contribution in [0, 0.1) is 0 Å². The third-order valence-electron chi connectivity index (χ3n) is 4.02. The van der Waals surface area contributed by atoms with Gasteiger partial charge in [0.25, 0.3) is 0 Å². The molecule has 0 bridgehead atoms. The first-order valence-electron chi connectivity index (χ1n) is 8.54. The molecule has 7 nitrogen and oxygen atoms in total. The molecule has 0 aromatic heterocycles. The number of nitrogens with one attached hydrogen (secondary N) is 1. The predicted octanol–water partition coefficient (Wildman–Crippen LogP) is 3.10. The van der Waals surface area contributed by atoms with Crippen molar-refractivity contribution in [1.82, 2.24) is 0 Å². The lowest BCUT2D eigenvalue weighted by molar-refractivity contribution is -0.115. The first kappa shape index (κ1) is 24.4. The maximum atomic E-state index is 13.1. The Bertz CT molecular complexity index is 1160. The van der Waals surface area contributed by atoms with Gasteiger partial charge < -0.3 is 11.1 Å². The van der Waals surface area contributed by atoms with Crippen LogP contribution in [0.2, 0.25) is 5.02 Å². The Labute approximate surface area is 181 Å². The smallest absolute Gasteiger partial charge is 0.394 e. The van der Waals surface area contributed by atoms with E-state index in [1.807, 2.05) is 0 Å². The maximum absolute atomic E-state index is 13.1. The Balaban J connectivity index is 2.49. The van der Waals surface area contributed by atoms with E-state index in [2.05, 4.69) is 10.3 Å². The Morgan fingerprint density at radius 1 is 1.23 bits per heavy atom. The number of benzene rings is 2. The molecule has 0 fully saturated rings. The Morgan fingerprint density at radius 2 is 1.87 bits per heavy atom. The van der Waals surface area contributed by atoms with E-state index in [4.69, 9.17) is 22.5 Å². The normalized spacial score (nSPS) is 13.2. The highest BCUT2D eigenvalue weighted by molar-refractivity contribution is 7.89. The lowest BCUT2D eigenvalue weighted by Crippen LogP contribution is -2.23. The van der Waals surface area contributed by atoms with Crippen molar-refractivity contribution in [3.63, 3.8) is 0 Å². The van der Waals surface area contributed by atoms with E-state index in [9.17, 15) is 26.4 Å². The fourth-order valence-corrected chi connectivity index (χ4v) is 3.62. The molecule has 12 heteroatoms. The lowest BCUT2D eigenvalue weighted by Gasteiger charge is -2.15. The Hall–Kier alpha value is -2.89. The van der Waals surface area contributed by atoms with Crippen molar-refractivity contribution < 1.29 is 26.4 Å². The second kappa shape index (κ2) is 9.50. The zero-order valence-electron chi connectivity index (χ0n) is 16.1. The number of hydrogen-bond acceptors (Lipinski definition) is 5. The number of rotatable bonds is 6. The molecular weight excluding hydrogens is 457 g/mol. The molecule has 0 heterocycles. The van der Waals surface area contributed by atoms with Crippen LogP contribution >= 0.6 is 11.6 Å². The summed E-state index contributed by atoms with van der Waals surface area (Å²) in [6, 6.07) is 9.85. The number of aliphatic imine (C=N–C) groups is 1. The number of primary sulfonamides is 1. The van der Waals surface area contributed by atoms with Crippen LogP contribution in [0.15, 0.2) is 58.0 Å². The zero-order chi connectivity index (χ0) is 23.4. The quantitative estimate of drug-likeness (QED) is 0.556. The summed E-state index contributed by atoms with van der Waals surface area (Å²) in [6.07, 6.45) is -4.27. The molecule has 2 rings (SSSR count). The minimum atomic E-state index is -4.94. The Kier molecular flexibility index (Phi) is 7.47. The molecule has 1 amide bonds. The highest BCUT2D eigenvalue weighted by Crippen LogP contribution is 2.32. The van der Waals surface area contributed by atoms with Gasteiger partial charge in [0, 0.05) is 35.1 Å². The van der Waals surface area contributed by atoms with Gasteiger partial charge in [0.1, 0.15) is 5.70 Å². The summed E-state index contributed by atoms with van der Waals surface area (Å²) in [5.41, 5.74) is 3.10. The number of carbonyl (C=O) groups is 1. The number of amides is 1. The molecular formula is C19H18ClF3N4O3S. The number of sulfonamides is 1. The van der Waals surface area contributed by atoms with Crippen molar-refractivity contribution in [1.29, 1.82) is 0 Å². The first-order valence-corrected chi connectivity index (χ1v) is 10.5. The van der Waals surface area contributed by atoms with E-state index in [0.29, 0.717) is 10.6 Å². The molecule has 0 aliphatic rings. The predicted molar refractivity (Wildman–Crippen MR) is 113 cm³/mol. The number of carbonyl (C=O) groups excluding carboxylic acids is 1. The van der Waals surface area contributed by atoms with E-state index in [0.717, 1.165) is 18.3 Å². The maximum Gasteiger partial charge on any atom is 0.431 e. The first-order chi connectivity index (χ1) is 14.3. The number of nitrogens with zero attached hydrogens (tertiary/aromatic N) is 1. The molecule has 0 aliphatic heterocycles. The van der Waals surface area contributed by atoms with Gasteiger partial charge in [0.2, 0.25) is 15.9 Å². The van der Waals surface area contributed by atoms with Gasteiger partial charge >= 0.3 is 6.18 Å². The molecule has 0 radical (unpaired) electrons. The molecule has 0 saturated carbocycles. The van der Waals surface area contributed by atoms with E-state index in [1.54, 1.807) is 24.3 Å². The van der Waals surface area contributed by atoms with Gasteiger partial charge in [-0.1, -0.05) is 35.9 Å². The summed E-state index contributed by atoms with van der Waals surface area (Å²) in [6.45, 7) is 0. The van der Waals surface area contributed by atoms with E-state index in [1.165, 1.54) is 13.1 Å². The molecule has 0 unspecified atom stereocenters. The molecule has 0 aliphatic carbocycles. The minimum Gasteiger partial charge on any atom is -0.394 e. The highest BCUT2D eigenvalue weighted by Gasteiger charge is 2.35. The Morgan fingerprint density at radius 3 is 2.42 bits per heavy atom. The molecule has 166 valence electrons. The van der Waals surface area contributed by atoms with Crippen LogP contribution in [0.3, 0.4) is 0 Å². The van der Waals surface area contributed by atoms with Crippen molar-refractivity contribution >= 4 is 45.0 Å². The monoisotopic (exact) mass is 474 g/mol. The number of nitrogens with two attached hydrogens (primary N) is 2. The van der Waals surface area contributed by atoms with Crippen molar-refractivity contribution in [2.75, 3.05) is 12.4 Å². The lowest BCUT2D eigenvalue weighted by atomic mass is 10.0. The number of anilines is 1. The summed E-state index contributed by atoms with van der Waals surface area (Å²) in [4.78, 5) is 15.2. The number of allylic oxidation sites excluding steroid dienone is 2. The standard InChI is InChI=1S/C19H18ClF3N4O3S/c1-26-10-14(18(24)19(21,22)23)13-7-6-12(9-16(13)31(25,29)30)27-17(28)8-11-4-2-3-5-15(11)20/h2-7,9-10H,8,24H2,1H3,(H,27,28)(H2,25,29,30). The van der Waals surface area contributed by atoms with Crippen molar-refractivity contribution in [2.24, 2.45) is 15.9 Å². The number of alkyl halides is 3. The highest BCUT2D eigenvalue weighted by atomic mass is 35.5. The van der Waals surface area contributed by atoms with Crippen LogP contribution in [-0.2, 0) is 21.2 Å². The zero-order valence-corrected chi connectivity index (χ0v) is 17.6. The topological polar surface area (TPSA) is 128 Å². The summed E-state index contributed by atoms with van der Waals surface area (Å²) in [5, 5.41) is 8.03. The van der Waals surface area contributed by atoms with Gasteiger partial charge in [-0.25, -0.2) is 13.6 Å². The SMILES string of the molecule is CN=CC(=C(N)C(F)(F)F)c1ccc(NC(=O)Cc2ccccc2Cl)cc1S(N)(=O)=O. The van der Waals surface area contributed by atoms with E-state index >= 15 is 0 Å². The van der Waals surface area contributed by atoms with Crippen molar-refractivity contribution in [3.8, 4) is 0 Å². The van der Waals surface area contributed by atoms with Gasteiger partial charge in [-0.15, -0.1) is 0 Å².